The third-order valence-electron chi connectivity index (χ3n) is 10.2. The third-order valence-corrected chi connectivity index (χ3v) is 10.2. The normalized spacial score (nSPS) is 48.6. The number of hydrogen-bond acceptors (Lipinski definition) is 3. The molecule has 4 aliphatic carbocycles. The second kappa shape index (κ2) is 8.67. The van der Waals surface area contributed by atoms with Gasteiger partial charge in [-0.05, 0) is 104 Å². The van der Waals surface area contributed by atoms with E-state index < -0.39 is 5.97 Å². The van der Waals surface area contributed by atoms with Crippen LogP contribution < -0.4 is 10.2 Å². The van der Waals surface area contributed by atoms with E-state index in [4.69, 9.17) is 0 Å². The number of carboxylic acids is 1. The number of fused-ring (bicyclic) bond motifs is 5. The van der Waals surface area contributed by atoms with Crippen molar-refractivity contribution in [3.05, 3.63) is 0 Å². The van der Waals surface area contributed by atoms with Crippen LogP contribution in [-0.4, -0.2) is 49.8 Å². The van der Waals surface area contributed by atoms with Crippen LogP contribution in [0.4, 0.5) is 0 Å². The van der Waals surface area contributed by atoms with E-state index in [0.29, 0.717) is 28.6 Å². The monoisotopic (exact) mass is 414 g/mol. The summed E-state index contributed by atoms with van der Waals surface area (Å²) < 4.78 is 0. The molecule has 0 bridgehead atoms. The van der Waals surface area contributed by atoms with Crippen molar-refractivity contribution >= 4 is 43.7 Å². The van der Waals surface area contributed by atoms with Crippen LogP contribution in [0, 0.1) is 46.3 Å². The van der Waals surface area contributed by atoms with E-state index >= 15 is 0 Å². The van der Waals surface area contributed by atoms with Gasteiger partial charge < -0.3 is 15.0 Å². The van der Waals surface area contributed by atoms with Gasteiger partial charge in [0.1, 0.15) is 0 Å². The largest absolute Gasteiger partial charge is 2.00 e. The summed E-state index contributed by atoms with van der Waals surface area (Å²) in [6, 6.07) is 0. The van der Waals surface area contributed by atoms with Crippen LogP contribution in [0.15, 0.2) is 0 Å². The Kier molecular flexibility index (Phi) is 7.23. The van der Waals surface area contributed by atoms with Crippen LogP contribution in [0.1, 0.15) is 91.4 Å². The van der Waals surface area contributed by atoms with Crippen LogP contribution in [0.2, 0.25) is 0 Å². The molecule has 0 aromatic heterocycles. The average Bonchev–Trinajstić information content (AvgIpc) is 2.97. The fraction of sp³-hybridized carbons (Fsp3) is 0.958. The summed E-state index contributed by atoms with van der Waals surface area (Å²) in [7, 11) is 0. The minimum atomic E-state index is -0.898. The zero-order chi connectivity index (χ0) is 19.4. The Balaban J connectivity index is 0.00000225. The first-order chi connectivity index (χ1) is 12.8. The zero-order valence-corrected chi connectivity index (χ0v) is 20.5. The van der Waals surface area contributed by atoms with Gasteiger partial charge in [-0.1, -0.05) is 33.6 Å². The topological polar surface area (TPSA) is 63.2 Å². The minimum absolute atomic E-state index is 0. The van der Waals surface area contributed by atoms with Gasteiger partial charge in [-0.15, -0.1) is 6.10 Å². The van der Waals surface area contributed by atoms with Crippen molar-refractivity contribution in [1.29, 1.82) is 0 Å². The molecule has 0 saturated heterocycles. The van der Waals surface area contributed by atoms with Gasteiger partial charge in [0, 0.05) is 5.97 Å². The molecule has 154 valence electrons. The quantitative estimate of drug-likeness (QED) is 0.664. The van der Waals surface area contributed by atoms with Crippen LogP contribution in [-0.2, 0) is 4.79 Å². The van der Waals surface area contributed by atoms with Gasteiger partial charge in [-0.2, -0.15) is 0 Å². The number of aliphatic carboxylic acids is 1. The van der Waals surface area contributed by atoms with Crippen molar-refractivity contribution in [3.63, 3.8) is 0 Å². The molecule has 1 unspecified atom stereocenters. The van der Waals surface area contributed by atoms with Crippen molar-refractivity contribution in [2.24, 2.45) is 46.3 Å². The van der Waals surface area contributed by atoms with Gasteiger partial charge in [0.25, 0.3) is 0 Å². The van der Waals surface area contributed by atoms with Gasteiger partial charge in [0.2, 0.25) is 0 Å². The Morgan fingerprint density at radius 3 is 2.39 bits per heavy atom. The maximum absolute atomic E-state index is 12.1. The Bertz CT molecular complexity index is 580. The fourth-order valence-corrected chi connectivity index (χ4v) is 8.74. The standard InChI is InChI=1S/C24H39O3.Ca/c1-15(4-9-22(26)27)19-7-8-20-18-6-5-16-14-17(25)10-12-23(16,2)21(18)11-13-24(19,20)3;/h15-21H,4-14H2,1-3H3,(H,26,27);/q-1;+2/p-1/t15-,16?,17-,18+,19-,20+,21+,23+,24-;/m1./s1. The molecule has 28 heavy (non-hydrogen) atoms. The average molecular weight is 415 g/mol. The number of hydrogen-bond donors (Lipinski definition) is 0. The van der Waals surface area contributed by atoms with Gasteiger partial charge in [-0.25, -0.2) is 0 Å². The van der Waals surface area contributed by atoms with Crippen molar-refractivity contribution in [1.82, 2.24) is 0 Å². The first-order valence-corrected chi connectivity index (χ1v) is 11.6. The van der Waals surface area contributed by atoms with Crippen molar-refractivity contribution in [2.45, 2.75) is 97.5 Å². The molecule has 0 radical (unpaired) electrons. The first-order valence-electron chi connectivity index (χ1n) is 11.6. The number of carbonyl (C=O) groups is 1. The third kappa shape index (κ3) is 3.84. The molecule has 0 aliphatic heterocycles. The fourth-order valence-electron chi connectivity index (χ4n) is 8.74. The molecular formula is C24H38CaO3. The summed E-state index contributed by atoms with van der Waals surface area (Å²) in [6.07, 6.45) is 11.5. The maximum atomic E-state index is 12.1. The Hall–Kier alpha value is 0.690. The summed E-state index contributed by atoms with van der Waals surface area (Å²) in [5.41, 5.74) is 0.801. The molecule has 4 heteroatoms. The van der Waals surface area contributed by atoms with E-state index in [-0.39, 0.29) is 50.3 Å². The van der Waals surface area contributed by atoms with Crippen LogP contribution >= 0.6 is 0 Å². The Labute approximate surface area is 201 Å². The van der Waals surface area contributed by atoms with Gasteiger partial charge in [0.15, 0.2) is 0 Å². The van der Waals surface area contributed by atoms with Crippen molar-refractivity contribution < 1.29 is 15.0 Å². The molecule has 0 aromatic carbocycles. The Morgan fingerprint density at radius 1 is 1.00 bits per heavy atom. The summed E-state index contributed by atoms with van der Waals surface area (Å²) >= 11 is 0. The maximum Gasteiger partial charge on any atom is 2.00 e. The van der Waals surface area contributed by atoms with Gasteiger partial charge in [-0.3, -0.25) is 0 Å². The molecule has 4 fully saturated rings. The van der Waals surface area contributed by atoms with E-state index in [0.717, 1.165) is 43.4 Å². The van der Waals surface area contributed by atoms with Crippen LogP contribution in [0.5, 0.6) is 0 Å². The molecule has 0 N–H and O–H groups in total. The van der Waals surface area contributed by atoms with Gasteiger partial charge in [0.05, 0.1) is 0 Å². The second-order valence-electron chi connectivity index (χ2n) is 11.2. The zero-order valence-electron chi connectivity index (χ0n) is 18.3. The predicted molar refractivity (Wildman–Crippen MR) is 108 cm³/mol. The Morgan fingerprint density at radius 2 is 1.68 bits per heavy atom. The number of rotatable bonds is 4. The summed E-state index contributed by atoms with van der Waals surface area (Å²) in [4.78, 5) is 10.9. The summed E-state index contributed by atoms with van der Waals surface area (Å²) in [5, 5.41) is 23.0. The molecule has 4 aliphatic rings. The van der Waals surface area contributed by atoms with Crippen LogP contribution in [0.25, 0.3) is 0 Å². The number of carbonyl (C=O) groups excluding carboxylic acids is 1. The molecule has 0 spiro atoms. The molecule has 0 amide bonds. The van der Waals surface area contributed by atoms with E-state index in [9.17, 15) is 15.0 Å². The second-order valence-corrected chi connectivity index (χ2v) is 11.2. The smallest absolute Gasteiger partial charge is 0.852 e. The van der Waals surface area contributed by atoms with Crippen molar-refractivity contribution in [3.8, 4) is 0 Å². The van der Waals surface area contributed by atoms with E-state index in [1.165, 1.54) is 38.5 Å². The predicted octanol–water partition coefficient (Wildman–Crippen LogP) is 3.16. The molecule has 3 nitrogen and oxygen atoms in total. The van der Waals surface area contributed by atoms with Gasteiger partial charge >= 0.3 is 37.7 Å². The number of carboxylic acid groups (broad SMARTS) is 1. The SMILES string of the molecule is C[C@H](CCC(=O)[O-])[C@H]1CC[C@H]2[C@@H]3CCC4C[C@H]([O-])CC[C@]4(C)[C@H]3CC[C@]12C.[Ca+2]. The van der Waals surface area contributed by atoms with E-state index in [1.807, 2.05) is 0 Å². The molecule has 4 saturated carbocycles. The van der Waals surface area contributed by atoms with Crippen molar-refractivity contribution in [2.75, 3.05) is 0 Å². The first kappa shape index (κ1) is 23.4. The van der Waals surface area contributed by atoms with Crippen LogP contribution in [0.3, 0.4) is 0 Å². The van der Waals surface area contributed by atoms with E-state index in [1.54, 1.807) is 0 Å². The molecule has 9 atom stereocenters. The molecule has 0 aromatic rings. The molecular weight excluding hydrogens is 376 g/mol. The van der Waals surface area contributed by atoms with E-state index in [2.05, 4.69) is 20.8 Å². The molecule has 0 heterocycles. The molecule has 4 rings (SSSR count). The minimum Gasteiger partial charge on any atom is -0.852 e. The summed E-state index contributed by atoms with van der Waals surface area (Å²) in [6.45, 7) is 7.34. The summed E-state index contributed by atoms with van der Waals surface area (Å²) in [5.74, 6) is 3.40.